The second kappa shape index (κ2) is 13.6. The lowest BCUT2D eigenvalue weighted by molar-refractivity contribution is -0.141. The number of nitrogens with zero attached hydrogens (tertiary/aromatic N) is 1. The van der Waals surface area contributed by atoms with Gasteiger partial charge in [0.05, 0.1) is 12.0 Å². The summed E-state index contributed by atoms with van der Waals surface area (Å²) in [5.74, 6) is 8.09. The maximum absolute atomic E-state index is 12.4. The number of aromatic hydroxyl groups is 2. The van der Waals surface area contributed by atoms with E-state index < -0.39 is 24.8 Å². The van der Waals surface area contributed by atoms with Crippen molar-refractivity contribution in [3.8, 4) is 51.7 Å². The van der Waals surface area contributed by atoms with E-state index in [-0.39, 0.29) is 41.9 Å². The lowest BCUT2D eigenvalue weighted by atomic mass is 9.65. The number of esters is 1. The van der Waals surface area contributed by atoms with Crippen molar-refractivity contribution in [3.63, 3.8) is 0 Å². The van der Waals surface area contributed by atoms with Crippen LogP contribution in [0.5, 0.6) is 28.7 Å². The highest BCUT2D eigenvalue weighted by atomic mass is 16.6. The maximum atomic E-state index is 12.4. The largest absolute Gasteiger partial charge is 0.508 e. The minimum Gasteiger partial charge on any atom is -0.508 e. The number of fused-ring (bicyclic) bond motifs is 9. The number of benzene rings is 3. The Morgan fingerprint density at radius 1 is 1.13 bits per heavy atom. The van der Waals surface area contributed by atoms with Gasteiger partial charge in [-0.1, -0.05) is 36.3 Å². The van der Waals surface area contributed by atoms with Crippen LogP contribution in [0.15, 0.2) is 48.5 Å². The number of ether oxygens (including phenoxy) is 4. The number of nitrogens with one attached hydrogen (secondary N) is 1. The number of anilines is 1. The lowest BCUT2D eigenvalue weighted by Crippen LogP contribution is -2.31. The predicted molar refractivity (Wildman–Crippen MR) is 205 cm³/mol. The second-order valence-electron chi connectivity index (χ2n) is 15.4. The highest BCUT2D eigenvalue weighted by molar-refractivity contribution is 5.84. The van der Waals surface area contributed by atoms with Crippen LogP contribution < -0.4 is 25.3 Å². The third kappa shape index (κ3) is 5.92. The van der Waals surface area contributed by atoms with Crippen LogP contribution in [0.25, 0.3) is 17.2 Å². The van der Waals surface area contributed by atoms with Gasteiger partial charge in [-0.3, -0.25) is 4.79 Å². The highest BCUT2D eigenvalue weighted by Crippen LogP contribution is 2.63. The molecule has 2 aliphatic carbocycles. The van der Waals surface area contributed by atoms with Gasteiger partial charge in [0.2, 0.25) is 0 Å². The van der Waals surface area contributed by atoms with E-state index in [2.05, 4.69) is 28.2 Å². The fraction of sp³-hybridized carbons (Fsp3) is 0.364. The average Bonchev–Trinajstić information content (AvgIpc) is 3.63. The number of nitrogens with two attached hydrogens (primary N) is 1. The third-order valence-electron chi connectivity index (χ3n) is 12.1. The lowest BCUT2D eigenvalue weighted by Gasteiger charge is -2.39. The standard InChI is InChI=1S/C44H43N3O8/c1-23(49)52-21-33-30-9-10-31-38-27(15-29(50)17-36(38)54-22-48)19-44-13-12-24(18-44)14-25-6-11-37(45)47-34(25)5-3-4-26-16-35(51)41-32(8-7-28(46-2)20-53-41)39(26)42(33)55-43(30)40(31)44/h6-11,15-17,24,28,33,42,46,48,50-51H,4,12-14,18-22H2,1-2H3,(H2,45,47). The number of rotatable bonds is 5. The predicted octanol–water partition coefficient (Wildman–Crippen LogP) is 5.59. The van der Waals surface area contributed by atoms with Gasteiger partial charge in [0, 0.05) is 52.6 Å². The van der Waals surface area contributed by atoms with Crippen molar-refractivity contribution in [3.05, 3.63) is 93.2 Å². The first-order valence-electron chi connectivity index (χ1n) is 18.8. The molecule has 5 atom stereocenters. The zero-order valence-corrected chi connectivity index (χ0v) is 30.8. The van der Waals surface area contributed by atoms with Crippen LogP contribution >= 0.6 is 0 Å². The Hall–Kier alpha value is -5.70. The number of carbonyl (C=O) groups excluding carboxylic acids is 1. The summed E-state index contributed by atoms with van der Waals surface area (Å²) in [4.78, 5) is 17.1. The molecule has 9 rings (SSSR count). The van der Waals surface area contributed by atoms with Crippen LogP contribution in [0.3, 0.4) is 0 Å². The number of hydrogen-bond acceptors (Lipinski definition) is 11. The average molecular weight is 742 g/mol. The summed E-state index contributed by atoms with van der Waals surface area (Å²) in [7, 11) is 1.86. The van der Waals surface area contributed by atoms with Gasteiger partial charge in [-0.25, -0.2) is 4.98 Å². The number of carbonyl (C=O) groups is 1. The first-order chi connectivity index (χ1) is 26.7. The molecule has 282 valence electrons. The van der Waals surface area contributed by atoms with Crippen LogP contribution in [-0.2, 0) is 34.2 Å². The molecule has 3 aliphatic heterocycles. The Bertz CT molecular complexity index is 2340. The van der Waals surface area contributed by atoms with Gasteiger partial charge >= 0.3 is 5.97 Å². The quantitative estimate of drug-likeness (QED) is 0.0984. The summed E-state index contributed by atoms with van der Waals surface area (Å²) < 4.78 is 25.2. The van der Waals surface area contributed by atoms with Gasteiger partial charge < -0.3 is 45.3 Å². The Balaban J connectivity index is 1.33. The highest BCUT2D eigenvalue weighted by Gasteiger charge is 2.51. The van der Waals surface area contributed by atoms with Crippen LogP contribution in [0.1, 0.15) is 82.8 Å². The first kappa shape index (κ1) is 35.0. The molecule has 4 bridgehead atoms. The van der Waals surface area contributed by atoms with E-state index in [0.29, 0.717) is 41.6 Å². The molecule has 5 unspecified atom stereocenters. The molecule has 0 saturated heterocycles. The molecular weight excluding hydrogens is 698 g/mol. The molecule has 0 radical (unpaired) electrons. The zero-order chi connectivity index (χ0) is 38.0. The van der Waals surface area contributed by atoms with E-state index >= 15 is 0 Å². The molecule has 4 heterocycles. The topological polar surface area (TPSA) is 166 Å². The molecule has 55 heavy (non-hydrogen) atoms. The van der Waals surface area contributed by atoms with Crippen molar-refractivity contribution >= 4 is 17.9 Å². The van der Waals surface area contributed by atoms with E-state index in [4.69, 9.17) is 24.7 Å². The number of aliphatic hydroxyl groups is 1. The third-order valence-corrected chi connectivity index (χ3v) is 12.1. The van der Waals surface area contributed by atoms with Crippen LogP contribution in [-0.4, -0.2) is 59.4 Å². The van der Waals surface area contributed by atoms with E-state index in [1.54, 1.807) is 18.2 Å². The number of aromatic nitrogens is 1. The fourth-order valence-electron chi connectivity index (χ4n) is 9.78. The summed E-state index contributed by atoms with van der Waals surface area (Å²) in [5.41, 5.74) is 14.4. The summed E-state index contributed by atoms with van der Waals surface area (Å²) in [5, 5.41) is 35.5. The molecule has 0 amide bonds. The molecule has 1 aromatic heterocycles. The Labute approximate surface area is 319 Å². The van der Waals surface area contributed by atoms with Gasteiger partial charge in [-0.15, -0.1) is 0 Å². The molecule has 11 nitrogen and oxygen atoms in total. The Morgan fingerprint density at radius 3 is 2.82 bits per heavy atom. The molecule has 1 spiro atoms. The minimum atomic E-state index is -0.652. The summed E-state index contributed by atoms with van der Waals surface area (Å²) >= 11 is 0. The summed E-state index contributed by atoms with van der Waals surface area (Å²) in [6.45, 7) is 1.22. The van der Waals surface area contributed by atoms with Gasteiger partial charge in [0.1, 0.15) is 48.1 Å². The van der Waals surface area contributed by atoms with Crippen LogP contribution in [0.4, 0.5) is 5.82 Å². The van der Waals surface area contributed by atoms with Gasteiger partial charge in [-0.2, -0.15) is 0 Å². The molecule has 1 fully saturated rings. The summed E-state index contributed by atoms with van der Waals surface area (Å²) in [6, 6.07) is 12.9. The number of likely N-dealkylation sites (N-methyl/N-ethyl adjacent to an activating group) is 1. The van der Waals surface area contributed by atoms with Crippen LogP contribution in [0, 0.1) is 17.8 Å². The van der Waals surface area contributed by atoms with E-state index in [1.807, 2.05) is 37.4 Å². The van der Waals surface area contributed by atoms with Crippen LogP contribution in [0.2, 0.25) is 0 Å². The fourth-order valence-corrected chi connectivity index (χ4v) is 9.78. The Kier molecular flexibility index (Phi) is 8.63. The second-order valence-corrected chi connectivity index (χ2v) is 15.4. The molecule has 3 aromatic carbocycles. The molecule has 6 N–H and O–H groups in total. The van der Waals surface area contributed by atoms with Gasteiger partial charge in [0.15, 0.2) is 18.3 Å². The molecule has 11 heteroatoms. The van der Waals surface area contributed by atoms with Crippen molar-refractivity contribution in [1.82, 2.24) is 10.3 Å². The number of hydrogen-bond donors (Lipinski definition) is 5. The van der Waals surface area contributed by atoms with Gasteiger partial charge in [-0.05, 0) is 91.4 Å². The Morgan fingerprint density at radius 2 is 2.00 bits per heavy atom. The van der Waals surface area contributed by atoms with Gasteiger partial charge in [0.25, 0.3) is 0 Å². The van der Waals surface area contributed by atoms with E-state index in [9.17, 15) is 20.1 Å². The van der Waals surface area contributed by atoms with Crippen molar-refractivity contribution in [2.45, 2.75) is 68.9 Å². The normalized spacial score (nSPS) is 23.8. The minimum absolute atomic E-state index is 0.00500. The maximum Gasteiger partial charge on any atom is 0.302 e. The number of pyridine rings is 1. The number of nitrogen functional groups attached to an aromatic ring is 1. The number of phenols is 2. The van der Waals surface area contributed by atoms with Crippen molar-refractivity contribution < 1.29 is 39.1 Å². The monoisotopic (exact) mass is 741 g/mol. The molecule has 4 aromatic rings. The molecular formula is C44H43N3O8. The zero-order valence-electron chi connectivity index (χ0n) is 30.8. The molecule has 5 aliphatic rings. The van der Waals surface area contributed by atoms with Crippen molar-refractivity contribution in [1.29, 1.82) is 0 Å². The molecule has 1 saturated carbocycles. The number of phenolic OH excluding ortho intramolecular Hbond substituents is 2. The van der Waals surface area contributed by atoms with E-state index in [1.165, 1.54) is 6.92 Å². The summed E-state index contributed by atoms with van der Waals surface area (Å²) in [6.07, 6.45) is 7.61. The van der Waals surface area contributed by atoms with Crippen molar-refractivity contribution in [2.24, 2.45) is 5.92 Å². The SMILES string of the molecule is CNC1C=Cc2c(c(O)cc3c2C2Oc4c(ccc5c4C4(CCC(Cc6ccc(N)nc6C#CC3)C4)Cc3cc(O)cc(OCO)c3-5)C2COC(C)=O)OC1. The smallest absolute Gasteiger partial charge is 0.302 e. The van der Waals surface area contributed by atoms with Crippen molar-refractivity contribution in [2.75, 3.05) is 32.8 Å². The first-order valence-corrected chi connectivity index (χ1v) is 18.8. The number of aliphatic hydroxyl groups excluding tert-OH is 1. The van der Waals surface area contributed by atoms with E-state index in [0.717, 1.165) is 75.9 Å².